The molecule has 0 aromatic heterocycles. The quantitative estimate of drug-likeness (QED) is 0.689. The van der Waals surface area contributed by atoms with E-state index < -0.39 is 23.5 Å². The smallest absolute Gasteiger partial charge is 0.282 e. The maximum atomic E-state index is 13.1. The summed E-state index contributed by atoms with van der Waals surface area (Å²) in [6.45, 7) is 0. The Bertz CT molecular complexity index is 327. The Balaban J connectivity index is 3.28. The minimum Gasteiger partial charge on any atom is -0.282 e. The Kier molecular flexibility index (Phi) is 2.86. The van der Waals surface area contributed by atoms with Crippen molar-refractivity contribution >= 4 is 23.5 Å². The predicted octanol–water partition coefficient (Wildman–Crippen LogP) is 3.21. The van der Waals surface area contributed by atoms with E-state index in [-0.39, 0.29) is 0 Å². The maximum absolute atomic E-state index is 13.1. The van der Waals surface area contributed by atoms with Gasteiger partial charge in [0.25, 0.3) is 0 Å². The first kappa shape index (κ1) is 10.5. The summed E-state index contributed by atoms with van der Waals surface area (Å²) in [5.74, 6) is 0. The van der Waals surface area contributed by atoms with Gasteiger partial charge in [-0.3, -0.25) is 5.50 Å². The molecule has 2 unspecified atom stereocenters. The van der Waals surface area contributed by atoms with E-state index in [1.165, 1.54) is 7.05 Å². The van der Waals surface area contributed by atoms with E-state index in [0.717, 1.165) is 0 Å². The molecule has 0 saturated heterocycles. The van der Waals surface area contributed by atoms with E-state index in [0.29, 0.717) is 0 Å². The summed E-state index contributed by atoms with van der Waals surface area (Å²) in [6, 6.07) is 0. The molecule has 0 saturated carbocycles. The lowest BCUT2D eigenvalue weighted by molar-refractivity contribution is 0.723. The molecular weight excluding hydrogens is 232 g/mol. The molecule has 1 rings (SSSR count). The average Bonchev–Trinajstić information content (AvgIpc) is 1.82. The van der Waals surface area contributed by atoms with Crippen LogP contribution in [0.4, 0.5) is 12.6 Å². The highest BCUT2D eigenvalue weighted by atomic mass is 31.3. The van der Waals surface area contributed by atoms with E-state index >= 15 is 0 Å². The maximum Gasteiger partial charge on any atom is 0.421 e. The number of rotatable bonds is 1. The van der Waals surface area contributed by atoms with Gasteiger partial charge < -0.3 is 0 Å². The van der Waals surface area contributed by atoms with Gasteiger partial charge in [0, 0.05) is 0 Å². The van der Waals surface area contributed by atoms with E-state index in [9.17, 15) is 12.6 Å². The van der Waals surface area contributed by atoms with E-state index in [1.54, 1.807) is 0 Å². The fourth-order valence-corrected chi connectivity index (χ4v) is 6.09. The molecule has 1 aliphatic rings. The van der Waals surface area contributed by atoms with Crippen LogP contribution in [0.3, 0.4) is 0 Å². The lowest BCUT2D eigenvalue weighted by Crippen LogP contribution is -1.96. The van der Waals surface area contributed by atoms with Gasteiger partial charge in [-0.15, -0.1) is 12.9 Å². The van der Waals surface area contributed by atoms with Crippen LogP contribution in [0.25, 0.3) is 0 Å². The van der Waals surface area contributed by atoms with Crippen LogP contribution in [-0.2, 0) is 0 Å². The van der Waals surface area contributed by atoms with Crippen molar-refractivity contribution < 1.29 is 12.6 Å². The first-order chi connectivity index (χ1) is 5.37. The molecule has 2 atom stereocenters. The third-order valence-corrected chi connectivity index (χ3v) is 7.01. The molecule has 0 fully saturated rings. The molecular formula is CH7F3N5P3. The summed E-state index contributed by atoms with van der Waals surface area (Å²) in [6.07, 6.45) is 0. The Hall–Kier alpha value is 0.400. The van der Waals surface area contributed by atoms with Crippen LogP contribution in [0.5, 0.6) is 0 Å². The van der Waals surface area contributed by atoms with Crippen LogP contribution >= 0.6 is 23.5 Å². The number of halogens is 3. The van der Waals surface area contributed by atoms with Crippen molar-refractivity contribution in [1.82, 2.24) is 5.09 Å². The van der Waals surface area contributed by atoms with Crippen molar-refractivity contribution in [1.29, 1.82) is 0 Å². The first-order valence-corrected chi connectivity index (χ1v) is 7.30. The lowest BCUT2D eigenvalue weighted by atomic mass is 11.6. The number of hydrogen-bond donors (Lipinski definition) is 2. The minimum absolute atomic E-state index is 1.18. The highest BCUT2D eigenvalue weighted by molar-refractivity contribution is 7.75. The van der Waals surface area contributed by atoms with Gasteiger partial charge in [0.1, 0.15) is 8.01 Å². The SMILES string of the molecule is CNP1(F)=NP(F)(F)=N[PH](N)=N1. The van der Waals surface area contributed by atoms with Crippen LogP contribution in [-0.4, -0.2) is 7.05 Å². The summed E-state index contributed by atoms with van der Waals surface area (Å²) < 4.78 is 47.0. The second kappa shape index (κ2) is 3.28. The highest BCUT2D eigenvalue weighted by Gasteiger charge is 2.29. The second-order valence-electron chi connectivity index (χ2n) is 1.85. The number of nitrogens with one attached hydrogen (secondary N) is 1. The predicted molar refractivity (Wildman–Crippen MR) is 46.0 cm³/mol. The molecule has 0 spiro atoms. The zero-order chi connectivity index (χ0) is 9.41. The van der Waals surface area contributed by atoms with Crippen molar-refractivity contribution in [3.05, 3.63) is 0 Å². The molecule has 1 heterocycles. The molecule has 3 N–H and O–H groups in total. The van der Waals surface area contributed by atoms with Crippen LogP contribution in [0.1, 0.15) is 0 Å². The standard InChI is InChI=1S/CH7F3N5P3/c1-6-12(4)8-10(5)7-11(2,3)9-12/h6,10H,1H3,(H2,5,8). The fraction of sp³-hybridized carbons (Fsp3) is 1.00. The van der Waals surface area contributed by atoms with Gasteiger partial charge in [-0.25, -0.2) is 5.09 Å². The molecule has 0 aromatic rings. The molecule has 0 aliphatic carbocycles. The molecule has 0 radical (unpaired) electrons. The Morgan fingerprint density at radius 3 is 2.42 bits per heavy atom. The monoisotopic (exact) mass is 239 g/mol. The van der Waals surface area contributed by atoms with Gasteiger partial charge in [0.05, 0.1) is 0 Å². The van der Waals surface area contributed by atoms with Crippen molar-refractivity contribution in [2.45, 2.75) is 0 Å². The van der Waals surface area contributed by atoms with Crippen LogP contribution in [0.15, 0.2) is 13.5 Å². The molecule has 72 valence electrons. The van der Waals surface area contributed by atoms with Gasteiger partial charge in [-0.1, -0.05) is 0 Å². The second-order valence-corrected chi connectivity index (χ2v) is 7.29. The van der Waals surface area contributed by atoms with E-state index in [4.69, 9.17) is 5.50 Å². The normalized spacial score (nSPS) is 39.2. The van der Waals surface area contributed by atoms with E-state index in [2.05, 4.69) is 13.5 Å². The molecule has 0 aromatic carbocycles. The summed E-state index contributed by atoms with van der Waals surface area (Å²) in [4.78, 5) is 0. The largest absolute Gasteiger partial charge is 0.421 e. The molecule has 0 bridgehead atoms. The Labute approximate surface area is 68.2 Å². The Morgan fingerprint density at radius 2 is 2.00 bits per heavy atom. The highest BCUT2D eigenvalue weighted by Crippen LogP contribution is 2.72. The molecule has 5 nitrogen and oxygen atoms in total. The third kappa shape index (κ3) is 2.44. The zero-order valence-corrected chi connectivity index (χ0v) is 8.74. The third-order valence-electron chi connectivity index (χ3n) is 0.968. The van der Waals surface area contributed by atoms with Crippen molar-refractivity contribution in [2.24, 2.45) is 19.1 Å². The first-order valence-electron chi connectivity index (χ1n) is 2.77. The molecule has 11 heteroatoms. The Morgan fingerprint density at radius 1 is 1.42 bits per heavy atom. The number of nitrogens with zero attached hydrogens (tertiary/aromatic N) is 3. The summed E-state index contributed by atoms with van der Waals surface area (Å²) >= 11 is 0. The van der Waals surface area contributed by atoms with Gasteiger partial charge in [-0.05, 0) is 7.05 Å². The average molecular weight is 239 g/mol. The summed E-state index contributed by atoms with van der Waals surface area (Å²) in [7, 11) is -10.0. The van der Waals surface area contributed by atoms with Crippen LogP contribution in [0, 0.1) is 0 Å². The van der Waals surface area contributed by atoms with Gasteiger partial charge in [0.15, 0.2) is 0 Å². The van der Waals surface area contributed by atoms with Gasteiger partial charge >= 0.3 is 15.5 Å². The number of nitrogens with two attached hydrogens (primary N) is 1. The molecule has 12 heavy (non-hydrogen) atoms. The van der Waals surface area contributed by atoms with Crippen molar-refractivity contribution in [2.75, 3.05) is 7.05 Å². The molecule has 1 aliphatic heterocycles. The summed E-state index contributed by atoms with van der Waals surface area (Å²) in [5, 5.41) is 2.01. The van der Waals surface area contributed by atoms with Crippen molar-refractivity contribution in [3.63, 3.8) is 0 Å². The van der Waals surface area contributed by atoms with Crippen molar-refractivity contribution in [3.8, 4) is 0 Å². The topological polar surface area (TPSA) is 75.1 Å². The van der Waals surface area contributed by atoms with Crippen LogP contribution in [0.2, 0.25) is 0 Å². The zero-order valence-electron chi connectivity index (χ0n) is 5.95. The van der Waals surface area contributed by atoms with Crippen LogP contribution < -0.4 is 10.6 Å². The fourth-order valence-electron chi connectivity index (χ4n) is 0.556. The lowest BCUT2D eigenvalue weighted by Gasteiger charge is -2.14. The van der Waals surface area contributed by atoms with E-state index in [1.807, 2.05) is 5.09 Å². The number of hydrogen-bond acceptors (Lipinski definition) is 5. The van der Waals surface area contributed by atoms with Gasteiger partial charge in [0.2, 0.25) is 0 Å². The van der Waals surface area contributed by atoms with Gasteiger partial charge in [-0.2, -0.15) is 13.2 Å². The minimum atomic E-state index is -4.84. The summed E-state index contributed by atoms with van der Waals surface area (Å²) in [5.41, 5.74) is 5.07. The molecule has 0 amide bonds.